The molecule has 0 N–H and O–H groups in total. The summed E-state index contributed by atoms with van der Waals surface area (Å²) in [4.78, 5) is 33.1. The molecule has 1 saturated carbocycles. The Kier molecular flexibility index (Phi) is 4.48. The third kappa shape index (κ3) is 3.41. The summed E-state index contributed by atoms with van der Waals surface area (Å²) in [6.07, 6.45) is 7.53. The third-order valence-electron chi connectivity index (χ3n) is 5.70. The first-order valence-corrected chi connectivity index (χ1v) is 9.53. The van der Waals surface area contributed by atoms with Gasteiger partial charge < -0.3 is 14.3 Å². The van der Waals surface area contributed by atoms with Crippen LogP contribution >= 0.6 is 0 Å². The molecule has 3 aliphatic rings. The van der Waals surface area contributed by atoms with Gasteiger partial charge in [-0.1, -0.05) is 5.16 Å². The zero-order chi connectivity index (χ0) is 17.4. The van der Waals surface area contributed by atoms with Crippen LogP contribution < -0.4 is 0 Å². The molecule has 0 spiro atoms. The Morgan fingerprint density at radius 1 is 1.08 bits per heavy atom. The summed E-state index contributed by atoms with van der Waals surface area (Å²) in [5.41, 5.74) is 0. The van der Waals surface area contributed by atoms with Crippen LogP contribution in [0.5, 0.6) is 0 Å². The van der Waals surface area contributed by atoms with Crippen molar-refractivity contribution in [2.24, 2.45) is 0 Å². The number of piperidine rings is 1. The highest BCUT2D eigenvalue weighted by molar-refractivity contribution is 5.79. The quantitative estimate of drug-likeness (QED) is 0.836. The fourth-order valence-electron chi connectivity index (χ4n) is 4.16. The number of hydrogen-bond acceptors (Lipinski definition) is 5. The predicted octanol–water partition coefficient (Wildman–Crippen LogP) is 2.40. The molecule has 2 amide bonds. The van der Waals surface area contributed by atoms with Crippen LogP contribution in [0, 0.1) is 0 Å². The fourth-order valence-corrected chi connectivity index (χ4v) is 4.16. The Bertz CT molecular complexity index is 655. The number of hydrogen-bond donors (Lipinski definition) is 0. The summed E-state index contributed by atoms with van der Waals surface area (Å²) < 4.78 is 5.38. The Morgan fingerprint density at radius 2 is 1.88 bits per heavy atom. The molecular formula is C18H26N4O3. The maximum Gasteiger partial charge on any atom is 0.229 e. The van der Waals surface area contributed by atoms with Crippen molar-refractivity contribution < 1.29 is 14.1 Å². The van der Waals surface area contributed by atoms with Gasteiger partial charge in [0.2, 0.25) is 17.7 Å². The van der Waals surface area contributed by atoms with Crippen molar-refractivity contribution in [1.82, 2.24) is 19.9 Å². The first kappa shape index (κ1) is 16.5. The van der Waals surface area contributed by atoms with Gasteiger partial charge in [-0.05, 0) is 44.9 Å². The Labute approximate surface area is 147 Å². The van der Waals surface area contributed by atoms with E-state index in [1.807, 2.05) is 9.80 Å². The molecule has 7 nitrogen and oxygen atoms in total. The number of carbonyl (C=O) groups is 2. The molecular weight excluding hydrogens is 320 g/mol. The van der Waals surface area contributed by atoms with Crippen LogP contribution in [0.2, 0.25) is 0 Å². The van der Waals surface area contributed by atoms with Crippen LogP contribution in [0.3, 0.4) is 0 Å². The summed E-state index contributed by atoms with van der Waals surface area (Å²) in [7, 11) is 0. The molecule has 0 bridgehead atoms. The van der Waals surface area contributed by atoms with E-state index in [0.717, 1.165) is 63.9 Å². The second-order valence-electron chi connectivity index (χ2n) is 7.58. The highest BCUT2D eigenvalue weighted by atomic mass is 16.5. The summed E-state index contributed by atoms with van der Waals surface area (Å²) in [5, 5.41) is 4.14. The van der Waals surface area contributed by atoms with Crippen LogP contribution in [0.4, 0.5) is 0 Å². The molecule has 2 atom stereocenters. The largest absolute Gasteiger partial charge is 0.339 e. The molecule has 0 radical (unpaired) electrons. The number of likely N-dealkylation sites (tertiary alicyclic amines) is 2. The van der Waals surface area contributed by atoms with Crippen molar-refractivity contribution in [2.45, 2.75) is 76.3 Å². The zero-order valence-electron chi connectivity index (χ0n) is 14.8. The molecule has 3 fully saturated rings. The van der Waals surface area contributed by atoms with Gasteiger partial charge in [0, 0.05) is 38.4 Å². The minimum Gasteiger partial charge on any atom is -0.339 e. The first-order valence-electron chi connectivity index (χ1n) is 9.53. The lowest BCUT2D eigenvalue weighted by molar-refractivity contribution is -0.137. The van der Waals surface area contributed by atoms with Gasteiger partial charge in [0.25, 0.3) is 0 Å². The van der Waals surface area contributed by atoms with E-state index in [4.69, 9.17) is 4.52 Å². The molecule has 0 unspecified atom stereocenters. The van der Waals surface area contributed by atoms with Crippen molar-refractivity contribution in [3.8, 4) is 0 Å². The minimum atomic E-state index is -0.0712. The molecule has 7 heteroatoms. The van der Waals surface area contributed by atoms with Crippen molar-refractivity contribution in [3.05, 3.63) is 11.7 Å². The standard InChI is InChI=1S/C18H26N4O3/c1-12(23)21-9-3-2-5-14(21)11-16(24)22-10-4-6-15(22)17-19-18(25-20-17)13-7-8-13/h13-15H,2-11H2,1H3/t14-,15+/m0/s1. The molecule has 25 heavy (non-hydrogen) atoms. The van der Waals surface area contributed by atoms with E-state index in [0.29, 0.717) is 18.2 Å². The lowest BCUT2D eigenvalue weighted by Crippen LogP contribution is -2.45. The number of aromatic nitrogens is 2. The number of carbonyl (C=O) groups excluding carboxylic acids is 2. The summed E-state index contributed by atoms with van der Waals surface area (Å²) in [6.45, 7) is 3.11. The monoisotopic (exact) mass is 346 g/mol. The zero-order valence-corrected chi connectivity index (χ0v) is 14.8. The Hall–Kier alpha value is -1.92. The Balaban J connectivity index is 1.43. The van der Waals surface area contributed by atoms with Gasteiger partial charge in [-0.25, -0.2) is 0 Å². The van der Waals surface area contributed by atoms with Gasteiger partial charge in [0.1, 0.15) is 0 Å². The average Bonchev–Trinajstić information content (AvgIpc) is 3.13. The predicted molar refractivity (Wildman–Crippen MR) is 89.6 cm³/mol. The van der Waals surface area contributed by atoms with E-state index in [9.17, 15) is 9.59 Å². The van der Waals surface area contributed by atoms with Crippen LogP contribution in [0.1, 0.15) is 82.0 Å². The van der Waals surface area contributed by atoms with Crippen molar-refractivity contribution in [2.75, 3.05) is 13.1 Å². The van der Waals surface area contributed by atoms with Gasteiger partial charge in [0.15, 0.2) is 5.82 Å². The highest BCUT2D eigenvalue weighted by Crippen LogP contribution is 2.40. The lowest BCUT2D eigenvalue weighted by Gasteiger charge is -2.36. The molecule has 1 aromatic heterocycles. The molecule has 3 heterocycles. The molecule has 2 aliphatic heterocycles. The van der Waals surface area contributed by atoms with Gasteiger partial charge in [-0.3, -0.25) is 9.59 Å². The van der Waals surface area contributed by atoms with E-state index >= 15 is 0 Å². The topological polar surface area (TPSA) is 79.5 Å². The highest BCUT2D eigenvalue weighted by Gasteiger charge is 2.37. The minimum absolute atomic E-state index is 0.0345. The van der Waals surface area contributed by atoms with E-state index in [1.165, 1.54) is 0 Å². The van der Waals surface area contributed by atoms with Crippen LogP contribution in [-0.4, -0.2) is 50.9 Å². The second kappa shape index (κ2) is 6.77. The number of rotatable bonds is 4. The van der Waals surface area contributed by atoms with Gasteiger partial charge in [-0.15, -0.1) is 0 Å². The van der Waals surface area contributed by atoms with Crippen LogP contribution in [0.25, 0.3) is 0 Å². The molecule has 136 valence electrons. The van der Waals surface area contributed by atoms with Crippen molar-refractivity contribution in [1.29, 1.82) is 0 Å². The molecule has 1 aliphatic carbocycles. The van der Waals surface area contributed by atoms with E-state index < -0.39 is 0 Å². The average molecular weight is 346 g/mol. The maximum atomic E-state index is 12.9. The van der Waals surface area contributed by atoms with E-state index in [1.54, 1.807) is 6.92 Å². The number of nitrogens with zero attached hydrogens (tertiary/aromatic N) is 4. The maximum absolute atomic E-state index is 12.9. The molecule has 1 aromatic rings. The van der Waals surface area contributed by atoms with E-state index in [2.05, 4.69) is 10.1 Å². The molecule has 4 rings (SSSR count). The summed E-state index contributed by atoms with van der Waals surface area (Å²) in [5.74, 6) is 1.99. The summed E-state index contributed by atoms with van der Waals surface area (Å²) >= 11 is 0. The van der Waals surface area contributed by atoms with Gasteiger partial charge in [0.05, 0.1) is 6.04 Å². The molecule has 0 aromatic carbocycles. The lowest BCUT2D eigenvalue weighted by atomic mass is 9.98. The third-order valence-corrected chi connectivity index (χ3v) is 5.70. The van der Waals surface area contributed by atoms with Crippen molar-refractivity contribution >= 4 is 11.8 Å². The smallest absolute Gasteiger partial charge is 0.229 e. The van der Waals surface area contributed by atoms with E-state index in [-0.39, 0.29) is 23.9 Å². The molecule has 2 saturated heterocycles. The SMILES string of the molecule is CC(=O)N1CCCC[C@H]1CC(=O)N1CCC[C@@H]1c1noc(C2CC2)n1. The Morgan fingerprint density at radius 3 is 2.64 bits per heavy atom. The number of amides is 2. The second-order valence-corrected chi connectivity index (χ2v) is 7.58. The first-order chi connectivity index (χ1) is 12.1. The van der Waals surface area contributed by atoms with Crippen LogP contribution in [-0.2, 0) is 9.59 Å². The van der Waals surface area contributed by atoms with Gasteiger partial charge in [-0.2, -0.15) is 4.98 Å². The van der Waals surface area contributed by atoms with Crippen LogP contribution in [0.15, 0.2) is 4.52 Å². The van der Waals surface area contributed by atoms with Crippen molar-refractivity contribution in [3.63, 3.8) is 0 Å². The normalized spacial score (nSPS) is 26.9. The summed E-state index contributed by atoms with van der Waals surface area (Å²) in [6, 6.07) is -0.0367. The van der Waals surface area contributed by atoms with Gasteiger partial charge >= 0.3 is 0 Å². The fraction of sp³-hybridized carbons (Fsp3) is 0.778.